The molecule has 4 aliphatic rings. The summed E-state index contributed by atoms with van der Waals surface area (Å²) in [7, 11) is 3.41. The van der Waals surface area contributed by atoms with Gasteiger partial charge in [-0.1, -0.05) is 30.3 Å². The molecule has 11 nitrogen and oxygen atoms in total. The van der Waals surface area contributed by atoms with Crippen molar-refractivity contribution in [3.63, 3.8) is 0 Å². The van der Waals surface area contributed by atoms with E-state index in [9.17, 15) is 9.59 Å². The van der Waals surface area contributed by atoms with Crippen LogP contribution in [-0.4, -0.2) is 103 Å². The van der Waals surface area contributed by atoms with Gasteiger partial charge in [-0.25, -0.2) is 4.79 Å². The Hall–Kier alpha value is -3.90. The molecule has 250 valence electrons. The van der Waals surface area contributed by atoms with Gasteiger partial charge < -0.3 is 35.1 Å². The van der Waals surface area contributed by atoms with Crippen LogP contribution in [0.3, 0.4) is 0 Å². The molecule has 2 saturated heterocycles. The van der Waals surface area contributed by atoms with E-state index in [0.717, 1.165) is 40.8 Å². The molecule has 1 aromatic heterocycles. The van der Waals surface area contributed by atoms with Crippen LogP contribution in [-0.2, 0) is 19.0 Å². The summed E-state index contributed by atoms with van der Waals surface area (Å²) in [5.41, 5.74) is 10.5. The summed E-state index contributed by atoms with van der Waals surface area (Å²) >= 11 is 6.70. The molecule has 1 saturated carbocycles. The monoisotopic (exact) mass is 662 g/mol. The van der Waals surface area contributed by atoms with E-state index in [2.05, 4.69) is 22.9 Å². The lowest BCUT2D eigenvalue weighted by molar-refractivity contribution is -0.133. The second-order valence-electron chi connectivity index (χ2n) is 12.4. The van der Waals surface area contributed by atoms with Crippen molar-refractivity contribution in [3.8, 4) is 0 Å². The lowest BCUT2D eigenvalue weighted by Crippen LogP contribution is -2.51. The number of methoxy groups -OCH3 is 1. The van der Waals surface area contributed by atoms with Crippen molar-refractivity contribution in [1.82, 2.24) is 25.0 Å². The minimum Gasteiger partial charge on any atom is -0.446 e. The Balaban J connectivity index is 1.36. The average molecular weight is 663 g/mol. The summed E-state index contributed by atoms with van der Waals surface area (Å²) in [4.78, 5) is 37.6. The number of rotatable bonds is 9. The van der Waals surface area contributed by atoms with Crippen molar-refractivity contribution < 1.29 is 23.8 Å². The first kappa shape index (κ1) is 33.0. The average Bonchev–Trinajstić information content (AvgIpc) is 3.92. The topological polar surface area (TPSA) is 122 Å². The molecule has 2 aliphatic carbocycles. The van der Waals surface area contributed by atoms with Gasteiger partial charge in [-0.2, -0.15) is 0 Å². The van der Waals surface area contributed by atoms with Gasteiger partial charge in [0, 0.05) is 70.6 Å². The number of carbonyl (C=O) groups excluding carboxylic acids is 2. The predicted molar refractivity (Wildman–Crippen MR) is 180 cm³/mol. The first-order valence-electron chi connectivity index (χ1n) is 16.2. The molecule has 6 rings (SSSR count). The number of hydrogen-bond acceptors (Lipinski definition) is 9. The van der Waals surface area contributed by atoms with Gasteiger partial charge in [-0.3, -0.25) is 14.7 Å². The maximum Gasteiger partial charge on any atom is 0.410 e. The number of likely N-dealkylation sites (N-methyl/N-ethyl adjacent to an activating group) is 1. The predicted octanol–water partition coefficient (Wildman–Crippen LogP) is 4.15. The van der Waals surface area contributed by atoms with Crippen LogP contribution in [0.2, 0.25) is 5.02 Å². The Bertz CT molecular complexity index is 1560. The Morgan fingerprint density at radius 1 is 1.21 bits per heavy atom. The number of pyridine rings is 1. The second kappa shape index (κ2) is 14.1. The van der Waals surface area contributed by atoms with Crippen molar-refractivity contribution >= 4 is 35.3 Å². The Morgan fingerprint density at radius 3 is 2.62 bits per heavy atom. The largest absolute Gasteiger partial charge is 0.446 e. The van der Waals surface area contributed by atoms with Crippen molar-refractivity contribution in [2.45, 2.75) is 49.5 Å². The minimum atomic E-state index is -0.860. The molecule has 2 aliphatic heterocycles. The Labute approximate surface area is 281 Å². The summed E-state index contributed by atoms with van der Waals surface area (Å²) in [5, 5.41) is 3.82. The summed E-state index contributed by atoms with van der Waals surface area (Å²) in [6, 6.07) is 8.89. The molecule has 0 spiro atoms. The van der Waals surface area contributed by atoms with E-state index in [1.165, 1.54) is 6.20 Å². The van der Waals surface area contributed by atoms with Gasteiger partial charge in [0.2, 0.25) is 0 Å². The number of benzene rings is 1. The summed E-state index contributed by atoms with van der Waals surface area (Å²) < 4.78 is 16.9. The van der Waals surface area contributed by atoms with Crippen LogP contribution in [0.1, 0.15) is 54.1 Å². The lowest BCUT2D eigenvalue weighted by Gasteiger charge is -2.40. The lowest BCUT2D eigenvalue weighted by atomic mass is 9.89. The number of aromatic nitrogens is 1. The van der Waals surface area contributed by atoms with Crippen LogP contribution in [0.15, 0.2) is 61.2 Å². The normalized spacial score (nSPS) is 21.8. The number of nitrogens with zero attached hydrogens (tertiary/aromatic N) is 4. The van der Waals surface area contributed by atoms with Crippen LogP contribution < -0.4 is 11.1 Å². The third kappa shape index (κ3) is 6.76. The standard InChI is InChI=1S/C35H43ClN6O5/c1-4-40(2)29(22-37)31(39-33(43)35(45-3)11-12-35)28-20-23-6-5-13-38-30(23)32(26-8-7-24(36)21-27(26)28)41-14-16-42(17-15-41)34(44)47-25-9-18-46-19-10-25/h4-8,13,20-22,25,31-32H,1,9-12,14-19,37H2,2-3H3,(H,39,43)/b29-22-/t31-,32+/m1/s1. The van der Waals surface area contributed by atoms with Crippen molar-refractivity contribution in [1.29, 1.82) is 0 Å². The molecule has 12 heteroatoms. The zero-order chi connectivity index (χ0) is 33.1. The van der Waals surface area contributed by atoms with Crippen LogP contribution >= 0.6 is 11.6 Å². The molecule has 2 atom stereocenters. The molecule has 1 aromatic carbocycles. The van der Waals surface area contributed by atoms with Crippen molar-refractivity contribution in [2.75, 3.05) is 53.6 Å². The maximum absolute atomic E-state index is 13.7. The Kier molecular flexibility index (Phi) is 9.88. The fourth-order valence-corrected chi connectivity index (χ4v) is 6.88. The molecular weight excluding hydrogens is 620 g/mol. The van der Waals surface area contributed by atoms with E-state index in [1.807, 2.05) is 37.4 Å². The van der Waals surface area contributed by atoms with E-state index >= 15 is 0 Å². The SMILES string of the molecule is C=CN(C)/C(=C\N)[C@H](NC(=O)C1(OC)CC1)C1=Cc2cccnc2[C@@H](N2CCN(C(=O)OC3CCOCC3)CC2)c2ccc(Cl)cc21. The van der Waals surface area contributed by atoms with E-state index < -0.39 is 11.6 Å². The third-order valence-corrected chi connectivity index (χ3v) is 9.91. The highest BCUT2D eigenvalue weighted by atomic mass is 35.5. The van der Waals surface area contributed by atoms with Gasteiger partial charge in [0.05, 0.1) is 36.7 Å². The highest BCUT2D eigenvalue weighted by molar-refractivity contribution is 6.30. The quantitative estimate of drug-likeness (QED) is 0.408. The fourth-order valence-electron chi connectivity index (χ4n) is 6.71. The summed E-state index contributed by atoms with van der Waals surface area (Å²) in [6.45, 7) is 7.44. The molecule has 3 fully saturated rings. The number of carbonyl (C=O) groups is 2. The minimum absolute atomic E-state index is 0.104. The zero-order valence-corrected chi connectivity index (χ0v) is 27.7. The molecule has 47 heavy (non-hydrogen) atoms. The molecule has 2 aromatic rings. The van der Waals surface area contributed by atoms with E-state index in [0.29, 0.717) is 63.0 Å². The number of nitrogens with one attached hydrogen (secondary N) is 1. The first-order valence-corrected chi connectivity index (χ1v) is 16.5. The highest BCUT2D eigenvalue weighted by Crippen LogP contribution is 2.44. The number of piperazine rings is 1. The molecule has 3 heterocycles. The number of nitrogens with two attached hydrogens (primary N) is 1. The third-order valence-electron chi connectivity index (χ3n) is 9.68. The number of ether oxygens (including phenoxy) is 3. The number of fused-ring (bicyclic) bond motifs is 2. The smallest absolute Gasteiger partial charge is 0.410 e. The highest BCUT2D eigenvalue weighted by Gasteiger charge is 2.51. The van der Waals surface area contributed by atoms with E-state index in [1.54, 1.807) is 29.3 Å². The number of halogens is 1. The first-order chi connectivity index (χ1) is 22.8. The second-order valence-corrected chi connectivity index (χ2v) is 12.9. The van der Waals surface area contributed by atoms with Gasteiger partial charge in [-0.15, -0.1) is 0 Å². The fraction of sp³-hybridized carbons (Fsp3) is 0.457. The molecule has 0 unspecified atom stereocenters. The molecular formula is C35H43ClN6O5. The maximum atomic E-state index is 13.7. The molecule has 3 N–H and O–H groups in total. The van der Waals surface area contributed by atoms with Crippen LogP contribution in [0.25, 0.3) is 11.6 Å². The van der Waals surface area contributed by atoms with Crippen LogP contribution in [0, 0.1) is 0 Å². The van der Waals surface area contributed by atoms with Gasteiger partial charge in [0.25, 0.3) is 5.91 Å². The molecule has 0 bridgehead atoms. The molecule has 0 radical (unpaired) electrons. The van der Waals surface area contributed by atoms with Gasteiger partial charge in [0.1, 0.15) is 11.7 Å². The van der Waals surface area contributed by atoms with Gasteiger partial charge in [-0.05, 0) is 65.6 Å². The van der Waals surface area contributed by atoms with Crippen LogP contribution in [0.4, 0.5) is 4.79 Å². The zero-order valence-electron chi connectivity index (χ0n) is 27.0. The Morgan fingerprint density at radius 2 is 1.96 bits per heavy atom. The summed E-state index contributed by atoms with van der Waals surface area (Å²) in [6.07, 6.45) is 9.37. The summed E-state index contributed by atoms with van der Waals surface area (Å²) in [5.74, 6) is -0.206. The van der Waals surface area contributed by atoms with Gasteiger partial charge in [0.15, 0.2) is 0 Å². The van der Waals surface area contributed by atoms with E-state index in [-0.39, 0.29) is 24.1 Å². The van der Waals surface area contributed by atoms with Crippen molar-refractivity contribution in [3.05, 3.63) is 88.6 Å². The molecule has 2 amide bonds. The van der Waals surface area contributed by atoms with Crippen LogP contribution in [0.5, 0.6) is 0 Å². The van der Waals surface area contributed by atoms with E-state index in [4.69, 9.17) is 36.5 Å². The van der Waals surface area contributed by atoms with Crippen molar-refractivity contribution in [2.24, 2.45) is 5.73 Å². The number of hydrogen-bond donors (Lipinski definition) is 2. The van der Waals surface area contributed by atoms with Gasteiger partial charge >= 0.3 is 6.09 Å². The number of amides is 2.